The molecule has 0 radical (unpaired) electrons. The van der Waals surface area contributed by atoms with Crippen LogP contribution in [0.15, 0.2) is 30.5 Å². The van der Waals surface area contributed by atoms with Crippen molar-refractivity contribution >= 4 is 40.3 Å². The van der Waals surface area contributed by atoms with Crippen molar-refractivity contribution in [3.8, 4) is 6.07 Å². The number of pyridine rings is 1. The van der Waals surface area contributed by atoms with Gasteiger partial charge in [-0.2, -0.15) is 5.26 Å². The van der Waals surface area contributed by atoms with Crippen molar-refractivity contribution in [2.24, 2.45) is 0 Å². The van der Waals surface area contributed by atoms with Gasteiger partial charge in [-0.25, -0.2) is 9.24 Å². The van der Waals surface area contributed by atoms with E-state index in [4.69, 9.17) is 24.1 Å². The average Bonchev–Trinajstić information content (AvgIpc) is 2.89. The van der Waals surface area contributed by atoms with Gasteiger partial charge in [-0.1, -0.05) is 6.07 Å². The number of halogens is 1. The monoisotopic (exact) mass is 421 g/mol. The predicted molar refractivity (Wildman–Crippen MR) is 117 cm³/mol. The highest BCUT2D eigenvalue weighted by Crippen LogP contribution is 2.38. The third kappa shape index (κ3) is 3.51. The van der Waals surface area contributed by atoms with Crippen LogP contribution in [0.25, 0.3) is 4.85 Å². The second-order valence-electron chi connectivity index (χ2n) is 7.49. The van der Waals surface area contributed by atoms with Gasteiger partial charge in [0, 0.05) is 12.1 Å². The number of aryl methyl sites for hydroxylation is 1. The Labute approximate surface area is 180 Å². The normalized spacial score (nSPS) is 15.3. The third-order valence-electron chi connectivity index (χ3n) is 5.16. The zero-order chi connectivity index (χ0) is 22.1. The quantitative estimate of drug-likeness (QED) is 0.393. The first kappa shape index (κ1) is 21.4. The molecular formula is C22H20FN5OS. The molecule has 2 aromatic rings. The Hall–Kier alpha value is -3.36. The van der Waals surface area contributed by atoms with E-state index in [2.05, 4.69) is 15.9 Å². The van der Waals surface area contributed by atoms with Crippen molar-refractivity contribution in [1.82, 2.24) is 4.98 Å². The van der Waals surface area contributed by atoms with Crippen LogP contribution in [0.5, 0.6) is 0 Å². The van der Waals surface area contributed by atoms with Crippen LogP contribution in [0.1, 0.15) is 37.9 Å². The molecule has 8 heteroatoms. The molecule has 30 heavy (non-hydrogen) atoms. The van der Waals surface area contributed by atoms with Gasteiger partial charge in [-0.05, 0) is 69.6 Å². The summed E-state index contributed by atoms with van der Waals surface area (Å²) in [6.45, 7) is 12.1. The molecule has 0 spiro atoms. The van der Waals surface area contributed by atoms with Crippen molar-refractivity contribution in [1.29, 1.82) is 5.26 Å². The van der Waals surface area contributed by atoms with E-state index in [1.807, 2.05) is 12.1 Å². The number of carbonyl (C=O) groups is 1. The number of nitriles is 1. The zero-order valence-electron chi connectivity index (χ0n) is 16.9. The molecule has 0 atom stereocenters. The largest absolute Gasteiger partial charge is 0.302 e. The minimum Gasteiger partial charge on any atom is -0.302 e. The van der Waals surface area contributed by atoms with Crippen molar-refractivity contribution in [3.05, 3.63) is 59.0 Å². The van der Waals surface area contributed by atoms with E-state index in [9.17, 15) is 9.18 Å². The fraction of sp³-hybridized carbons (Fsp3) is 0.318. The molecule has 0 saturated carbocycles. The van der Waals surface area contributed by atoms with Crippen LogP contribution in [-0.4, -0.2) is 21.5 Å². The summed E-state index contributed by atoms with van der Waals surface area (Å²) >= 11 is 5.57. The molecule has 1 aromatic heterocycles. The Morgan fingerprint density at radius 1 is 1.33 bits per heavy atom. The molecular weight excluding hydrogens is 401 g/mol. The maximum absolute atomic E-state index is 15.0. The highest BCUT2D eigenvalue weighted by Gasteiger charge is 2.51. The SMILES string of the molecule is [C-]#[N+]c1ccc(N2C(=O)C(C)(C)N(c3ccc(CCCC#N)nc3)C2=S)c(F)c1C. The summed E-state index contributed by atoms with van der Waals surface area (Å²) in [6.07, 6.45) is 3.51. The van der Waals surface area contributed by atoms with Gasteiger partial charge in [0.05, 0.1) is 30.2 Å². The molecule has 0 N–H and O–H groups in total. The predicted octanol–water partition coefficient (Wildman–Crippen LogP) is 4.84. The Kier molecular flexibility index (Phi) is 5.82. The number of anilines is 2. The molecule has 0 unspecified atom stereocenters. The summed E-state index contributed by atoms with van der Waals surface area (Å²) in [5, 5.41) is 8.81. The topological polar surface area (TPSA) is 64.6 Å². The molecule has 2 heterocycles. The van der Waals surface area contributed by atoms with E-state index in [1.165, 1.54) is 24.0 Å². The summed E-state index contributed by atoms with van der Waals surface area (Å²) in [4.78, 5) is 23.8. The molecule has 152 valence electrons. The van der Waals surface area contributed by atoms with Crippen molar-refractivity contribution in [3.63, 3.8) is 0 Å². The van der Waals surface area contributed by atoms with Crippen LogP contribution in [0.4, 0.5) is 21.5 Å². The lowest BCUT2D eigenvalue weighted by Gasteiger charge is -2.29. The van der Waals surface area contributed by atoms with Crippen LogP contribution in [0.2, 0.25) is 0 Å². The van der Waals surface area contributed by atoms with Crippen LogP contribution in [0, 0.1) is 30.6 Å². The second-order valence-corrected chi connectivity index (χ2v) is 7.86. The van der Waals surface area contributed by atoms with Crippen LogP contribution < -0.4 is 9.80 Å². The van der Waals surface area contributed by atoms with E-state index in [0.717, 1.165) is 12.1 Å². The molecule has 1 aliphatic heterocycles. The fourth-order valence-electron chi connectivity index (χ4n) is 3.44. The van der Waals surface area contributed by atoms with Crippen LogP contribution >= 0.6 is 12.2 Å². The molecule has 1 saturated heterocycles. The van der Waals surface area contributed by atoms with Gasteiger partial charge >= 0.3 is 0 Å². The fourth-order valence-corrected chi connectivity index (χ4v) is 3.96. The van der Waals surface area contributed by atoms with Gasteiger partial charge in [0.25, 0.3) is 5.91 Å². The first-order chi connectivity index (χ1) is 14.2. The van der Waals surface area contributed by atoms with E-state index in [1.54, 1.807) is 24.9 Å². The summed E-state index contributed by atoms with van der Waals surface area (Å²) in [6, 6.07) is 8.67. The molecule has 1 amide bonds. The Balaban J connectivity index is 1.97. The molecule has 1 fully saturated rings. The summed E-state index contributed by atoms with van der Waals surface area (Å²) in [5.74, 6) is -0.998. The summed E-state index contributed by atoms with van der Waals surface area (Å²) < 4.78 is 15.0. The molecule has 3 rings (SSSR count). The molecule has 6 nitrogen and oxygen atoms in total. The number of unbranched alkanes of at least 4 members (excludes halogenated alkanes) is 1. The standard InChI is InChI=1S/C22H20FN5OS/c1-14-17(25-4)10-11-18(19(14)23)27-20(29)22(2,3)28(21(27)30)16-9-8-15(26-13-16)7-5-6-12-24/h8-11,13H,5-7H2,1-3H3. The molecule has 0 aliphatic carbocycles. The molecule has 1 aromatic carbocycles. The van der Waals surface area contributed by atoms with Gasteiger partial charge in [0.1, 0.15) is 11.4 Å². The number of carbonyl (C=O) groups excluding carboxylic acids is 1. The Bertz CT molecular complexity index is 1100. The smallest absolute Gasteiger partial charge is 0.259 e. The Morgan fingerprint density at radius 3 is 2.67 bits per heavy atom. The lowest BCUT2D eigenvalue weighted by atomic mass is 10.0. The van der Waals surface area contributed by atoms with Gasteiger partial charge in [-0.3, -0.25) is 14.7 Å². The number of thiocarbonyl (C=S) groups is 1. The third-order valence-corrected chi connectivity index (χ3v) is 5.52. The first-order valence-electron chi connectivity index (χ1n) is 9.41. The van der Waals surface area contributed by atoms with Crippen molar-refractivity contribution < 1.29 is 9.18 Å². The zero-order valence-corrected chi connectivity index (χ0v) is 17.8. The van der Waals surface area contributed by atoms with E-state index in [-0.39, 0.29) is 28.0 Å². The van der Waals surface area contributed by atoms with E-state index < -0.39 is 11.4 Å². The average molecular weight is 422 g/mol. The summed E-state index contributed by atoms with van der Waals surface area (Å²) in [7, 11) is 0. The highest BCUT2D eigenvalue weighted by molar-refractivity contribution is 7.81. The van der Waals surface area contributed by atoms with Gasteiger partial charge in [0.15, 0.2) is 10.8 Å². The van der Waals surface area contributed by atoms with Crippen LogP contribution in [-0.2, 0) is 11.2 Å². The number of benzene rings is 1. The van der Waals surface area contributed by atoms with Crippen molar-refractivity contribution in [2.45, 2.75) is 45.6 Å². The Morgan fingerprint density at radius 2 is 2.07 bits per heavy atom. The van der Waals surface area contributed by atoms with Crippen LogP contribution in [0.3, 0.4) is 0 Å². The van der Waals surface area contributed by atoms with Gasteiger partial charge in [0.2, 0.25) is 0 Å². The molecule has 1 aliphatic rings. The number of aromatic nitrogens is 1. The minimum atomic E-state index is -1.04. The molecule has 0 bridgehead atoms. The lowest BCUT2D eigenvalue weighted by molar-refractivity contribution is -0.120. The minimum absolute atomic E-state index is 0.0338. The van der Waals surface area contributed by atoms with Gasteiger partial charge < -0.3 is 4.90 Å². The number of rotatable bonds is 5. The second kappa shape index (κ2) is 8.17. The maximum atomic E-state index is 15.0. The number of hydrogen-bond acceptors (Lipinski definition) is 4. The first-order valence-corrected chi connectivity index (χ1v) is 9.82. The van der Waals surface area contributed by atoms with Crippen molar-refractivity contribution in [2.75, 3.05) is 9.80 Å². The number of amides is 1. The van der Waals surface area contributed by atoms with E-state index in [0.29, 0.717) is 18.5 Å². The highest BCUT2D eigenvalue weighted by atomic mass is 32.1. The van der Waals surface area contributed by atoms with Gasteiger partial charge in [-0.15, -0.1) is 0 Å². The summed E-state index contributed by atoms with van der Waals surface area (Å²) in [5.41, 5.74) is 0.835. The maximum Gasteiger partial charge on any atom is 0.259 e. The number of hydrogen-bond donors (Lipinski definition) is 0. The number of nitrogens with zero attached hydrogens (tertiary/aromatic N) is 5. The van der Waals surface area contributed by atoms with E-state index >= 15 is 0 Å². The lowest BCUT2D eigenvalue weighted by Crippen LogP contribution is -2.44.